The van der Waals surface area contributed by atoms with E-state index in [1.54, 1.807) is 0 Å². The second-order valence-electron chi connectivity index (χ2n) is 6.62. The van der Waals surface area contributed by atoms with Gasteiger partial charge in [-0.25, -0.2) is 8.42 Å². The highest BCUT2D eigenvalue weighted by Crippen LogP contribution is 2.25. The van der Waals surface area contributed by atoms with Crippen LogP contribution in [0.3, 0.4) is 0 Å². The first-order valence-electron chi connectivity index (χ1n) is 8.97. The highest BCUT2D eigenvalue weighted by atomic mass is 35.5. The Kier molecular flexibility index (Phi) is 7.28. The summed E-state index contributed by atoms with van der Waals surface area (Å²) < 4.78 is 26.8. The molecule has 2 rings (SSSR count). The molecule has 0 spiro atoms. The topological polar surface area (TPSA) is 66.5 Å². The number of rotatable bonds is 8. The van der Waals surface area contributed by atoms with Crippen molar-refractivity contribution in [2.24, 2.45) is 0 Å². The van der Waals surface area contributed by atoms with Crippen LogP contribution >= 0.6 is 11.6 Å². The van der Waals surface area contributed by atoms with Crippen LogP contribution in [0.2, 0.25) is 5.02 Å². The van der Waals surface area contributed by atoms with Gasteiger partial charge in [-0.3, -0.25) is 4.79 Å². The Balaban J connectivity index is 2.14. The van der Waals surface area contributed by atoms with E-state index in [0.29, 0.717) is 13.1 Å². The summed E-state index contributed by atoms with van der Waals surface area (Å²) in [4.78, 5) is 12.6. The molecule has 1 atom stereocenters. The molecule has 1 aromatic carbocycles. The van der Waals surface area contributed by atoms with Crippen molar-refractivity contribution in [3.63, 3.8) is 0 Å². The first-order valence-corrected chi connectivity index (χ1v) is 10.8. The summed E-state index contributed by atoms with van der Waals surface area (Å²) in [7, 11) is -3.56. The Hall–Kier alpha value is -1.11. The number of unbranched alkanes of at least 4 members (excludes halogenated alkanes) is 2. The van der Waals surface area contributed by atoms with Crippen LogP contribution in [0.25, 0.3) is 0 Å². The Labute approximate surface area is 155 Å². The summed E-state index contributed by atoms with van der Waals surface area (Å²) in [6.07, 6.45) is 5.94. The number of sulfonamides is 1. The first-order chi connectivity index (χ1) is 11.9. The lowest BCUT2D eigenvalue weighted by atomic mass is 10.1. The van der Waals surface area contributed by atoms with Gasteiger partial charge < -0.3 is 5.32 Å². The van der Waals surface area contributed by atoms with Crippen LogP contribution in [0.4, 0.5) is 0 Å². The molecule has 1 aromatic rings. The molecule has 1 amide bonds. The van der Waals surface area contributed by atoms with Crippen LogP contribution in [0, 0.1) is 0 Å². The normalized spacial score (nSPS) is 16.8. The fourth-order valence-electron chi connectivity index (χ4n) is 2.99. The predicted octanol–water partition coefficient (Wildman–Crippen LogP) is 3.82. The third-order valence-corrected chi connectivity index (χ3v) is 6.73. The van der Waals surface area contributed by atoms with Crippen molar-refractivity contribution >= 4 is 27.5 Å². The van der Waals surface area contributed by atoms with Crippen molar-refractivity contribution < 1.29 is 13.2 Å². The minimum Gasteiger partial charge on any atom is -0.350 e. The molecule has 1 aliphatic heterocycles. The zero-order valence-corrected chi connectivity index (χ0v) is 16.5. The number of amides is 1. The summed E-state index contributed by atoms with van der Waals surface area (Å²) in [5.41, 5.74) is 0.212. The fraction of sp³-hybridized carbons (Fsp3) is 0.611. The maximum atomic E-state index is 12.7. The molecule has 1 unspecified atom stereocenters. The van der Waals surface area contributed by atoms with E-state index in [0.717, 1.165) is 38.5 Å². The third kappa shape index (κ3) is 5.19. The molecule has 0 saturated carbocycles. The third-order valence-electron chi connectivity index (χ3n) is 4.50. The SMILES string of the molecule is CCCCCC(C)NC(=O)c1cc(S(=O)(=O)N2CCCC2)ccc1Cl. The molecule has 1 heterocycles. The second kappa shape index (κ2) is 9.01. The minimum absolute atomic E-state index is 0.0222. The fourth-order valence-corrected chi connectivity index (χ4v) is 4.74. The Morgan fingerprint density at radius 3 is 2.60 bits per heavy atom. The lowest BCUT2D eigenvalue weighted by Gasteiger charge is -2.17. The number of hydrogen-bond donors (Lipinski definition) is 1. The monoisotopic (exact) mass is 386 g/mol. The number of benzene rings is 1. The van der Waals surface area contributed by atoms with Gasteiger partial charge in [0.15, 0.2) is 0 Å². The van der Waals surface area contributed by atoms with Crippen molar-refractivity contribution in [2.75, 3.05) is 13.1 Å². The van der Waals surface area contributed by atoms with Gasteiger partial charge in [0, 0.05) is 19.1 Å². The molecule has 140 valence electrons. The van der Waals surface area contributed by atoms with Gasteiger partial charge >= 0.3 is 0 Å². The van der Waals surface area contributed by atoms with Crippen molar-refractivity contribution in [1.82, 2.24) is 9.62 Å². The highest BCUT2D eigenvalue weighted by molar-refractivity contribution is 7.89. The Morgan fingerprint density at radius 1 is 1.28 bits per heavy atom. The number of carbonyl (C=O) groups is 1. The van der Waals surface area contributed by atoms with Crippen LogP contribution in [0.5, 0.6) is 0 Å². The van der Waals surface area contributed by atoms with E-state index in [1.165, 1.54) is 22.5 Å². The van der Waals surface area contributed by atoms with Gasteiger partial charge in [0.1, 0.15) is 0 Å². The maximum Gasteiger partial charge on any atom is 0.253 e. The molecule has 1 fully saturated rings. The van der Waals surface area contributed by atoms with Gasteiger partial charge in [-0.2, -0.15) is 4.31 Å². The van der Waals surface area contributed by atoms with E-state index in [-0.39, 0.29) is 27.4 Å². The van der Waals surface area contributed by atoms with E-state index < -0.39 is 10.0 Å². The number of nitrogens with one attached hydrogen (secondary N) is 1. The Bertz CT molecular complexity index is 700. The molecular formula is C18H27ClN2O3S. The van der Waals surface area contributed by atoms with Gasteiger partial charge in [0.05, 0.1) is 15.5 Å². The van der Waals surface area contributed by atoms with Crippen molar-refractivity contribution in [3.05, 3.63) is 28.8 Å². The zero-order valence-electron chi connectivity index (χ0n) is 14.9. The molecule has 7 heteroatoms. The molecule has 1 saturated heterocycles. The van der Waals surface area contributed by atoms with Gasteiger partial charge in [-0.05, 0) is 44.4 Å². The molecule has 0 aromatic heterocycles. The summed E-state index contributed by atoms with van der Waals surface area (Å²) in [5, 5.41) is 3.17. The molecule has 0 radical (unpaired) electrons. The number of hydrogen-bond acceptors (Lipinski definition) is 3. The highest BCUT2D eigenvalue weighted by Gasteiger charge is 2.28. The van der Waals surface area contributed by atoms with Crippen LogP contribution in [-0.2, 0) is 10.0 Å². The summed E-state index contributed by atoms with van der Waals surface area (Å²) in [6.45, 7) is 5.14. The average Bonchev–Trinajstić information content (AvgIpc) is 3.10. The second-order valence-corrected chi connectivity index (χ2v) is 8.97. The number of nitrogens with zero attached hydrogens (tertiary/aromatic N) is 1. The van der Waals surface area contributed by atoms with E-state index in [1.807, 2.05) is 6.92 Å². The van der Waals surface area contributed by atoms with E-state index in [4.69, 9.17) is 11.6 Å². The largest absolute Gasteiger partial charge is 0.350 e. The minimum atomic E-state index is -3.56. The maximum absolute atomic E-state index is 12.7. The van der Waals surface area contributed by atoms with Crippen molar-refractivity contribution in [3.8, 4) is 0 Å². The molecule has 1 N–H and O–H groups in total. The lowest BCUT2D eigenvalue weighted by molar-refractivity contribution is 0.0938. The van der Waals surface area contributed by atoms with Crippen LogP contribution in [0.15, 0.2) is 23.1 Å². The zero-order chi connectivity index (χ0) is 18.4. The van der Waals surface area contributed by atoms with Gasteiger partial charge in [-0.15, -0.1) is 0 Å². The molecule has 25 heavy (non-hydrogen) atoms. The summed E-state index contributed by atoms with van der Waals surface area (Å²) in [6, 6.07) is 4.37. The number of halogens is 1. The number of carbonyl (C=O) groups excluding carboxylic acids is 1. The van der Waals surface area contributed by atoms with Gasteiger partial charge in [0.2, 0.25) is 10.0 Å². The van der Waals surface area contributed by atoms with Crippen LogP contribution in [-0.4, -0.2) is 37.8 Å². The van der Waals surface area contributed by atoms with E-state index in [2.05, 4.69) is 12.2 Å². The van der Waals surface area contributed by atoms with Gasteiger partial charge in [0.25, 0.3) is 5.91 Å². The first kappa shape index (κ1) is 20.2. The standard InChI is InChI=1S/C18H27ClN2O3S/c1-3-4-5-8-14(2)20-18(22)16-13-15(9-10-17(16)19)25(23,24)21-11-6-7-12-21/h9-10,13-14H,3-8,11-12H2,1-2H3,(H,20,22). The van der Waals surface area contributed by atoms with Crippen LogP contribution in [0.1, 0.15) is 62.7 Å². The van der Waals surface area contributed by atoms with Crippen molar-refractivity contribution in [2.45, 2.75) is 63.3 Å². The molecule has 1 aliphatic rings. The van der Waals surface area contributed by atoms with Crippen molar-refractivity contribution in [1.29, 1.82) is 0 Å². The van der Waals surface area contributed by atoms with Crippen LogP contribution < -0.4 is 5.32 Å². The Morgan fingerprint density at radius 2 is 1.96 bits per heavy atom. The molecule has 5 nitrogen and oxygen atoms in total. The summed E-state index contributed by atoms with van der Waals surface area (Å²) >= 11 is 6.14. The average molecular weight is 387 g/mol. The molecule has 0 bridgehead atoms. The molecular weight excluding hydrogens is 360 g/mol. The smallest absolute Gasteiger partial charge is 0.253 e. The van der Waals surface area contributed by atoms with Gasteiger partial charge in [-0.1, -0.05) is 37.8 Å². The quantitative estimate of drug-likeness (QED) is 0.690. The van der Waals surface area contributed by atoms with E-state index >= 15 is 0 Å². The van der Waals surface area contributed by atoms with E-state index in [9.17, 15) is 13.2 Å². The lowest BCUT2D eigenvalue weighted by Crippen LogP contribution is -2.33. The molecule has 0 aliphatic carbocycles. The summed E-state index contributed by atoms with van der Waals surface area (Å²) in [5.74, 6) is -0.326. The predicted molar refractivity (Wildman–Crippen MR) is 101 cm³/mol.